The monoisotopic (exact) mass is 448 g/mol. The third kappa shape index (κ3) is 6.35. The predicted octanol–water partition coefficient (Wildman–Crippen LogP) is 2.08. The second-order valence-corrected chi connectivity index (χ2v) is 6.03. The highest BCUT2D eigenvalue weighted by Crippen LogP contribution is 2.26. The molecular formula is C17H29IN4O2. The maximum absolute atomic E-state index is 5.92. The quantitative estimate of drug-likeness (QED) is 0.380. The molecule has 1 aliphatic heterocycles. The zero-order chi connectivity index (χ0) is 16.7. The van der Waals surface area contributed by atoms with Crippen LogP contribution in [-0.4, -0.2) is 52.5 Å². The summed E-state index contributed by atoms with van der Waals surface area (Å²) in [5, 5.41) is 3.14. The van der Waals surface area contributed by atoms with Crippen molar-refractivity contribution in [2.75, 3.05) is 45.4 Å². The van der Waals surface area contributed by atoms with Crippen LogP contribution in [0.2, 0.25) is 0 Å². The fourth-order valence-corrected chi connectivity index (χ4v) is 2.84. The minimum Gasteiger partial charge on any atom is -0.497 e. The lowest BCUT2D eigenvalue weighted by atomic mass is 10.1. The molecule has 0 aliphatic carbocycles. The molecule has 1 fully saturated rings. The van der Waals surface area contributed by atoms with Crippen LogP contribution < -0.4 is 20.7 Å². The van der Waals surface area contributed by atoms with E-state index in [1.807, 2.05) is 19.1 Å². The molecule has 2 rings (SSSR count). The van der Waals surface area contributed by atoms with Crippen molar-refractivity contribution in [3.63, 3.8) is 0 Å². The molecule has 1 aromatic rings. The Morgan fingerprint density at radius 3 is 2.96 bits per heavy atom. The number of rotatable bonds is 7. The van der Waals surface area contributed by atoms with Crippen LogP contribution in [0.4, 0.5) is 5.69 Å². The highest BCUT2D eigenvalue weighted by Gasteiger charge is 2.22. The van der Waals surface area contributed by atoms with Gasteiger partial charge in [0.1, 0.15) is 5.75 Å². The number of methoxy groups -OCH3 is 2. The van der Waals surface area contributed by atoms with Crippen LogP contribution in [0.5, 0.6) is 5.75 Å². The van der Waals surface area contributed by atoms with E-state index in [9.17, 15) is 0 Å². The van der Waals surface area contributed by atoms with Crippen molar-refractivity contribution in [3.05, 3.63) is 24.3 Å². The largest absolute Gasteiger partial charge is 0.497 e. The summed E-state index contributed by atoms with van der Waals surface area (Å²) >= 11 is 0. The number of ether oxygens (including phenoxy) is 2. The van der Waals surface area contributed by atoms with Gasteiger partial charge < -0.3 is 25.4 Å². The first kappa shape index (κ1) is 20.8. The fourth-order valence-electron chi connectivity index (χ4n) is 2.84. The lowest BCUT2D eigenvalue weighted by molar-refractivity contribution is 0.179. The normalized spacial score (nSPS) is 18.9. The first-order valence-electron chi connectivity index (χ1n) is 8.06. The Morgan fingerprint density at radius 2 is 2.25 bits per heavy atom. The Balaban J connectivity index is 0.00000288. The minimum atomic E-state index is 0. The molecule has 1 aliphatic rings. The van der Waals surface area contributed by atoms with Gasteiger partial charge in [0.2, 0.25) is 0 Å². The standard InChI is InChI=1S/C17H28N4O2.HI/c1-13(12-22-2)20-17(18)19-10-14-7-8-21(11-14)15-5-4-6-16(9-15)23-3;/h4-6,9,13-14H,7-8,10-12H2,1-3H3,(H3,18,19,20);1H. The molecule has 0 spiro atoms. The first-order valence-corrected chi connectivity index (χ1v) is 8.06. The van der Waals surface area contributed by atoms with E-state index >= 15 is 0 Å². The Hall–Kier alpha value is -1.22. The molecule has 1 saturated heterocycles. The zero-order valence-corrected chi connectivity index (χ0v) is 17.0. The molecule has 1 aromatic carbocycles. The van der Waals surface area contributed by atoms with Gasteiger partial charge in [-0.1, -0.05) is 6.07 Å². The van der Waals surface area contributed by atoms with Crippen LogP contribution in [-0.2, 0) is 4.74 Å². The number of hydrogen-bond donors (Lipinski definition) is 2. The second-order valence-electron chi connectivity index (χ2n) is 6.03. The van der Waals surface area contributed by atoms with Crippen LogP contribution in [0, 0.1) is 5.92 Å². The predicted molar refractivity (Wildman–Crippen MR) is 110 cm³/mol. The smallest absolute Gasteiger partial charge is 0.188 e. The van der Waals surface area contributed by atoms with Gasteiger partial charge in [-0.25, -0.2) is 0 Å². The summed E-state index contributed by atoms with van der Waals surface area (Å²) in [4.78, 5) is 6.84. The number of anilines is 1. The van der Waals surface area contributed by atoms with E-state index < -0.39 is 0 Å². The molecule has 1 heterocycles. The molecule has 0 radical (unpaired) electrons. The highest BCUT2D eigenvalue weighted by atomic mass is 127. The lowest BCUT2D eigenvalue weighted by Crippen LogP contribution is -2.41. The Labute approximate surface area is 161 Å². The van der Waals surface area contributed by atoms with E-state index in [2.05, 4.69) is 27.3 Å². The van der Waals surface area contributed by atoms with Gasteiger partial charge in [0.05, 0.1) is 13.7 Å². The van der Waals surface area contributed by atoms with E-state index in [-0.39, 0.29) is 30.0 Å². The number of benzene rings is 1. The van der Waals surface area contributed by atoms with E-state index in [0.29, 0.717) is 18.5 Å². The van der Waals surface area contributed by atoms with Gasteiger partial charge in [0.15, 0.2) is 5.96 Å². The summed E-state index contributed by atoms with van der Waals surface area (Å²) in [7, 11) is 3.37. The SMILES string of the molecule is COCC(C)NC(N)=NCC1CCN(c2cccc(OC)c2)C1.I. The minimum absolute atomic E-state index is 0. The zero-order valence-electron chi connectivity index (χ0n) is 14.7. The van der Waals surface area contributed by atoms with E-state index in [1.165, 1.54) is 5.69 Å². The molecule has 0 amide bonds. The van der Waals surface area contributed by atoms with Crippen molar-refractivity contribution >= 4 is 35.6 Å². The number of nitrogens with two attached hydrogens (primary N) is 1. The van der Waals surface area contributed by atoms with E-state index in [1.54, 1.807) is 14.2 Å². The average Bonchev–Trinajstić information content (AvgIpc) is 3.02. The van der Waals surface area contributed by atoms with Gasteiger partial charge >= 0.3 is 0 Å². The van der Waals surface area contributed by atoms with Gasteiger partial charge in [-0.3, -0.25) is 4.99 Å². The van der Waals surface area contributed by atoms with Crippen molar-refractivity contribution in [2.24, 2.45) is 16.6 Å². The molecule has 7 heteroatoms. The maximum atomic E-state index is 5.92. The van der Waals surface area contributed by atoms with Gasteiger partial charge in [0, 0.05) is 44.5 Å². The van der Waals surface area contributed by atoms with Crippen LogP contribution in [0.15, 0.2) is 29.3 Å². The number of nitrogens with one attached hydrogen (secondary N) is 1. The average molecular weight is 448 g/mol. The third-order valence-electron chi connectivity index (χ3n) is 4.04. The second kappa shape index (κ2) is 10.6. The van der Waals surface area contributed by atoms with Crippen molar-refractivity contribution in [2.45, 2.75) is 19.4 Å². The summed E-state index contributed by atoms with van der Waals surface area (Å²) < 4.78 is 10.4. The van der Waals surface area contributed by atoms with Crippen molar-refractivity contribution < 1.29 is 9.47 Å². The Bertz CT molecular complexity index is 527. The molecule has 136 valence electrons. The fraction of sp³-hybridized carbons (Fsp3) is 0.588. The maximum Gasteiger partial charge on any atom is 0.188 e. The summed E-state index contributed by atoms with van der Waals surface area (Å²) in [6.07, 6.45) is 1.13. The number of halogens is 1. The van der Waals surface area contributed by atoms with Crippen LogP contribution >= 0.6 is 24.0 Å². The van der Waals surface area contributed by atoms with Gasteiger partial charge in [-0.2, -0.15) is 0 Å². The molecule has 0 aromatic heterocycles. The molecule has 24 heavy (non-hydrogen) atoms. The van der Waals surface area contributed by atoms with E-state index in [4.69, 9.17) is 15.2 Å². The summed E-state index contributed by atoms with van der Waals surface area (Å²) in [5.41, 5.74) is 7.12. The molecule has 3 N–H and O–H groups in total. The lowest BCUT2D eigenvalue weighted by Gasteiger charge is -2.19. The Kier molecular flexibility index (Phi) is 9.20. The number of aliphatic imine (C=N–C) groups is 1. The van der Waals surface area contributed by atoms with Crippen LogP contribution in [0.3, 0.4) is 0 Å². The topological polar surface area (TPSA) is 72.1 Å². The summed E-state index contributed by atoms with van der Waals surface area (Å²) in [6, 6.07) is 8.36. The van der Waals surface area contributed by atoms with Gasteiger partial charge in [-0.05, 0) is 31.4 Å². The molecule has 6 nitrogen and oxygen atoms in total. The van der Waals surface area contributed by atoms with Crippen LogP contribution in [0.1, 0.15) is 13.3 Å². The van der Waals surface area contributed by atoms with Crippen molar-refractivity contribution in [1.82, 2.24) is 5.32 Å². The van der Waals surface area contributed by atoms with Gasteiger partial charge in [-0.15, -0.1) is 24.0 Å². The highest BCUT2D eigenvalue weighted by molar-refractivity contribution is 14.0. The van der Waals surface area contributed by atoms with Crippen molar-refractivity contribution in [3.8, 4) is 5.75 Å². The molecule has 2 unspecified atom stereocenters. The first-order chi connectivity index (χ1) is 11.1. The molecule has 2 atom stereocenters. The van der Waals surface area contributed by atoms with Crippen molar-refractivity contribution in [1.29, 1.82) is 0 Å². The molecule has 0 bridgehead atoms. The van der Waals surface area contributed by atoms with E-state index in [0.717, 1.165) is 31.8 Å². The summed E-state index contributed by atoms with van der Waals surface area (Å²) in [5.74, 6) is 1.92. The summed E-state index contributed by atoms with van der Waals surface area (Å²) in [6.45, 7) is 5.42. The Morgan fingerprint density at radius 1 is 1.46 bits per heavy atom. The number of nitrogens with zero attached hydrogens (tertiary/aromatic N) is 2. The molecular weight excluding hydrogens is 419 g/mol. The van der Waals surface area contributed by atoms with Crippen LogP contribution in [0.25, 0.3) is 0 Å². The van der Waals surface area contributed by atoms with Gasteiger partial charge in [0.25, 0.3) is 0 Å². The molecule has 0 saturated carbocycles. The number of hydrogen-bond acceptors (Lipinski definition) is 4. The number of guanidine groups is 1. The third-order valence-corrected chi connectivity index (χ3v) is 4.04.